The van der Waals surface area contributed by atoms with Crippen molar-refractivity contribution in [2.75, 3.05) is 29.0 Å². The summed E-state index contributed by atoms with van der Waals surface area (Å²) in [4.78, 5) is 34.5. The molecule has 11 heteroatoms. The number of hydrogen-bond donors (Lipinski definition) is 3. The molecule has 1 unspecified atom stereocenters. The van der Waals surface area contributed by atoms with Gasteiger partial charge in [0.1, 0.15) is 11.4 Å². The normalized spacial score (nSPS) is 15.5. The number of carbonyl (C=O) groups is 2. The molecule has 2 aromatic carbocycles. The predicted octanol–water partition coefficient (Wildman–Crippen LogP) is 5.39. The van der Waals surface area contributed by atoms with Crippen LogP contribution in [0.5, 0.6) is 0 Å². The summed E-state index contributed by atoms with van der Waals surface area (Å²) in [7, 11) is 0. The van der Waals surface area contributed by atoms with Gasteiger partial charge in [-0.05, 0) is 55.7 Å². The first kappa shape index (κ1) is 26.6. The molecule has 1 fully saturated rings. The highest BCUT2D eigenvalue weighted by Gasteiger charge is 2.36. The highest BCUT2D eigenvalue weighted by molar-refractivity contribution is 6.01. The molecule has 0 aliphatic carbocycles. The highest BCUT2D eigenvalue weighted by atomic mass is 19.4. The van der Waals surface area contributed by atoms with E-state index in [1.54, 1.807) is 54.3 Å². The number of halogens is 3. The molecule has 3 aromatic rings. The SMILES string of the molecule is C=CC(=O)Nc1cc(C)ccc1Nc1nc(NC2CCCN(C(=O)c3ccccc3)C2)ncc1C(F)(F)F. The lowest BCUT2D eigenvalue weighted by Gasteiger charge is -2.33. The van der Waals surface area contributed by atoms with Crippen LogP contribution in [0.15, 0.2) is 67.4 Å². The monoisotopic (exact) mass is 524 g/mol. The molecule has 4 rings (SSSR count). The van der Waals surface area contributed by atoms with E-state index in [1.165, 1.54) is 0 Å². The van der Waals surface area contributed by atoms with Gasteiger partial charge in [-0.2, -0.15) is 18.2 Å². The second-order valence-corrected chi connectivity index (χ2v) is 8.92. The van der Waals surface area contributed by atoms with Gasteiger partial charge in [0.15, 0.2) is 0 Å². The average Bonchev–Trinajstić information content (AvgIpc) is 2.90. The van der Waals surface area contributed by atoms with Gasteiger partial charge in [-0.15, -0.1) is 0 Å². The van der Waals surface area contributed by atoms with Crippen molar-refractivity contribution in [2.45, 2.75) is 32.0 Å². The van der Waals surface area contributed by atoms with E-state index in [1.807, 2.05) is 6.07 Å². The minimum Gasteiger partial charge on any atom is -0.350 e. The maximum Gasteiger partial charge on any atom is 0.421 e. The van der Waals surface area contributed by atoms with Gasteiger partial charge in [0.05, 0.1) is 11.4 Å². The van der Waals surface area contributed by atoms with Gasteiger partial charge in [-0.1, -0.05) is 30.8 Å². The summed E-state index contributed by atoms with van der Waals surface area (Å²) in [5.41, 5.74) is 0.802. The van der Waals surface area contributed by atoms with Crippen LogP contribution in [-0.4, -0.2) is 45.8 Å². The Bertz CT molecular complexity index is 1330. The standard InChI is InChI=1S/C27H27F3N6O2/c1-3-23(37)33-22-14-17(2)11-12-21(22)34-24-20(27(28,29)30)15-31-26(35-24)32-19-10-7-13-36(16-19)25(38)18-8-5-4-6-9-18/h3-6,8-9,11-12,14-15,19H,1,7,10,13,16H2,2H3,(H,33,37)(H2,31,32,34,35). The Morgan fingerprint density at radius 3 is 2.61 bits per heavy atom. The van der Waals surface area contributed by atoms with Crippen LogP contribution in [0.2, 0.25) is 0 Å². The smallest absolute Gasteiger partial charge is 0.350 e. The van der Waals surface area contributed by atoms with Crippen LogP contribution >= 0.6 is 0 Å². The fourth-order valence-electron chi connectivity index (χ4n) is 4.16. The Labute approximate surface area is 218 Å². The number of benzene rings is 2. The lowest BCUT2D eigenvalue weighted by atomic mass is 10.0. The number of nitrogens with one attached hydrogen (secondary N) is 3. The summed E-state index contributed by atoms with van der Waals surface area (Å²) >= 11 is 0. The van der Waals surface area contributed by atoms with Gasteiger partial charge in [0.2, 0.25) is 11.9 Å². The fourth-order valence-corrected chi connectivity index (χ4v) is 4.16. The second kappa shape index (κ2) is 11.3. The molecule has 1 aliphatic rings. The van der Waals surface area contributed by atoms with Crippen LogP contribution in [0.1, 0.15) is 34.3 Å². The molecular formula is C27H27F3N6O2. The number of aryl methyl sites for hydroxylation is 1. The Balaban J connectivity index is 1.57. The van der Waals surface area contributed by atoms with E-state index in [2.05, 4.69) is 32.5 Å². The number of amides is 2. The van der Waals surface area contributed by atoms with Gasteiger partial charge < -0.3 is 20.9 Å². The van der Waals surface area contributed by atoms with E-state index in [-0.39, 0.29) is 29.3 Å². The summed E-state index contributed by atoms with van der Waals surface area (Å²) in [6.07, 6.45) is -1.53. The second-order valence-electron chi connectivity index (χ2n) is 8.92. The van der Waals surface area contributed by atoms with Gasteiger partial charge in [-0.25, -0.2) is 4.98 Å². The van der Waals surface area contributed by atoms with E-state index in [9.17, 15) is 22.8 Å². The van der Waals surface area contributed by atoms with Crippen molar-refractivity contribution < 1.29 is 22.8 Å². The zero-order valence-corrected chi connectivity index (χ0v) is 20.7. The number of hydrogen-bond acceptors (Lipinski definition) is 6. The molecule has 1 saturated heterocycles. The summed E-state index contributed by atoms with van der Waals surface area (Å²) in [5.74, 6) is -1.10. The summed E-state index contributed by atoms with van der Waals surface area (Å²) in [5, 5.41) is 8.38. The Morgan fingerprint density at radius 1 is 1.13 bits per heavy atom. The van der Waals surface area contributed by atoms with E-state index in [0.717, 1.165) is 18.1 Å². The molecule has 0 bridgehead atoms. The van der Waals surface area contributed by atoms with E-state index in [0.29, 0.717) is 31.3 Å². The van der Waals surface area contributed by atoms with Crippen molar-refractivity contribution in [3.05, 3.63) is 84.1 Å². The molecule has 0 radical (unpaired) electrons. The minimum atomic E-state index is -4.72. The first-order chi connectivity index (χ1) is 18.1. The molecule has 1 aliphatic heterocycles. The minimum absolute atomic E-state index is 0.0108. The molecule has 1 atom stereocenters. The quantitative estimate of drug-likeness (QED) is 0.359. The number of piperidine rings is 1. The van der Waals surface area contributed by atoms with E-state index >= 15 is 0 Å². The molecule has 0 spiro atoms. The van der Waals surface area contributed by atoms with Crippen molar-refractivity contribution in [2.24, 2.45) is 0 Å². The number of rotatable bonds is 7. The van der Waals surface area contributed by atoms with Crippen LogP contribution in [0.4, 0.5) is 36.3 Å². The first-order valence-corrected chi connectivity index (χ1v) is 12.0. The van der Waals surface area contributed by atoms with Crippen molar-refractivity contribution in [1.29, 1.82) is 0 Å². The third-order valence-corrected chi connectivity index (χ3v) is 6.03. The summed E-state index contributed by atoms with van der Waals surface area (Å²) in [6, 6.07) is 13.5. The van der Waals surface area contributed by atoms with E-state index in [4.69, 9.17) is 0 Å². The maximum absolute atomic E-state index is 13.8. The molecule has 0 saturated carbocycles. The first-order valence-electron chi connectivity index (χ1n) is 12.0. The van der Waals surface area contributed by atoms with Crippen LogP contribution in [0, 0.1) is 6.92 Å². The molecule has 2 heterocycles. The van der Waals surface area contributed by atoms with Crippen molar-refractivity contribution in [3.8, 4) is 0 Å². The zero-order chi connectivity index (χ0) is 27.3. The maximum atomic E-state index is 13.8. The van der Waals surface area contributed by atoms with Crippen molar-refractivity contribution >= 4 is 35.0 Å². The highest BCUT2D eigenvalue weighted by Crippen LogP contribution is 2.36. The van der Waals surface area contributed by atoms with Crippen LogP contribution in [0.3, 0.4) is 0 Å². The number of aromatic nitrogens is 2. The fraction of sp³-hybridized carbons (Fsp3) is 0.259. The largest absolute Gasteiger partial charge is 0.421 e. The summed E-state index contributed by atoms with van der Waals surface area (Å²) < 4.78 is 41.4. The molecule has 38 heavy (non-hydrogen) atoms. The number of carbonyl (C=O) groups excluding carboxylic acids is 2. The number of nitrogens with zero attached hydrogens (tertiary/aromatic N) is 3. The van der Waals surface area contributed by atoms with E-state index < -0.39 is 23.5 Å². The Morgan fingerprint density at radius 2 is 1.89 bits per heavy atom. The number of alkyl halides is 3. The Kier molecular flexibility index (Phi) is 7.94. The Hall–Kier alpha value is -4.41. The molecule has 1 aromatic heterocycles. The predicted molar refractivity (Wildman–Crippen MR) is 139 cm³/mol. The van der Waals surface area contributed by atoms with Crippen LogP contribution < -0.4 is 16.0 Å². The molecule has 3 N–H and O–H groups in total. The lowest BCUT2D eigenvalue weighted by molar-refractivity contribution is -0.137. The number of likely N-dealkylation sites (tertiary alicyclic amines) is 1. The van der Waals surface area contributed by atoms with Gasteiger partial charge in [0.25, 0.3) is 5.91 Å². The zero-order valence-electron chi connectivity index (χ0n) is 20.7. The topological polar surface area (TPSA) is 99.2 Å². The molecule has 198 valence electrons. The summed E-state index contributed by atoms with van der Waals surface area (Å²) in [6.45, 7) is 6.13. The molecule has 2 amide bonds. The van der Waals surface area contributed by atoms with Gasteiger partial charge >= 0.3 is 6.18 Å². The van der Waals surface area contributed by atoms with Gasteiger partial charge in [0, 0.05) is 30.9 Å². The van der Waals surface area contributed by atoms with Crippen molar-refractivity contribution in [3.63, 3.8) is 0 Å². The average molecular weight is 525 g/mol. The third-order valence-electron chi connectivity index (χ3n) is 6.03. The molecular weight excluding hydrogens is 497 g/mol. The third kappa shape index (κ3) is 6.47. The number of anilines is 4. The van der Waals surface area contributed by atoms with Crippen LogP contribution in [0.25, 0.3) is 0 Å². The lowest BCUT2D eigenvalue weighted by Crippen LogP contribution is -2.45. The van der Waals surface area contributed by atoms with Gasteiger partial charge in [-0.3, -0.25) is 9.59 Å². The molecule has 8 nitrogen and oxygen atoms in total. The van der Waals surface area contributed by atoms with Crippen molar-refractivity contribution in [1.82, 2.24) is 14.9 Å². The van der Waals surface area contributed by atoms with Crippen LogP contribution in [-0.2, 0) is 11.0 Å².